The molecule has 1 aliphatic heterocycles. The minimum atomic E-state index is 0.459. The molecule has 2 rings (SSSR count). The first kappa shape index (κ1) is 10.7. The van der Waals surface area contributed by atoms with Gasteiger partial charge in [0, 0.05) is 26.2 Å². The average molecular weight is 208 g/mol. The van der Waals surface area contributed by atoms with E-state index in [0.29, 0.717) is 6.04 Å². The number of aryl methyl sites for hydroxylation is 1. The zero-order valence-electron chi connectivity index (χ0n) is 9.62. The number of nitrogens with zero attached hydrogens (tertiary/aromatic N) is 1. The van der Waals surface area contributed by atoms with E-state index in [2.05, 4.69) is 29.3 Å². The van der Waals surface area contributed by atoms with E-state index in [4.69, 9.17) is 4.42 Å². The monoisotopic (exact) mass is 208 g/mol. The van der Waals surface area contributed by atoms with Crippen LogP contribution in [0.25, 0.3) is 0 Å². The Labute approximate surface area is 91.4 Å². The third-order valence-corrected chi connectivity index (χ3v) is 3.07. The van der Waals surface area contributed by atoms with Crippen LogP contribution in [0.3, 0.4) is 0 Å². The molecule has 1 aromatic rings. The van der Waals surface area contributed by atoms with Gasteiger partial charge in [-0.3, -0.25) is 4.90 Å². The highest BCUT2D eigenvalue weighted by Crippen LogP contribution is 2.25. The van der Waals surface area contributed by atoms with Crippen LogP contribution in [-0.4, -0.2) is 31.1 Å². The van der Waals surface area contributed by atoms with Gasteiger partial charge in [0.1, 0.15) is 11.5 Å². The molecule has 0 radical (unpaired) electrons. The number of piperazine rings is 1. The second kappa shape index (κ2) is 4.81. The van der Waals surface area contributed by atoms with Gasteiger partial charge in [-0.15, -0.1) is 0 Å². The Morgan fingerprint density at radius 3 is 2.67 bits per heavy atom. The minimum Gasteiger partial charge on any atom is -0.465 e. The molecule has 1 aromatic heterocycles. The third-order valence-electron chi connectivity index (χ3n) is 3.07. The summed E-state index contributed by atoms with van der Waals surface area (Å²) in [6.45, 7) is 8.67. The first-order valence-electron chi connectivity index (χ1n) is 5.82. The molecule has 2 heterocycles. The van der Waals surface area contributed by atoms with Crippen molar-refractivity contribution in [1.82, 2.24) is 10.2 Å². The summed E-state index contributed by atoms with van der Waals surface area (Å²) >= 11 is 0. The van der Waals surface area contributed by atoms with Crippen LogP contribution in [0, 0.1) is 6.92 Å². The predicted octanol–water partition coefficient (Wildman–Crippen LogP) is 1.94. The maximum absolute atomic E-state index is 5.73. The molecule has 1 fully saturated rings. The van der Waals surface area contributed by atoms with Gasteiger partial charge in [-0.05, 0) is 25.5 Å². The molecule has 0 spiro atoms. The Hall–Kier alpha value is -0.800. The molecule has 0 saturated carbocycles. The molecule has 1 N–H and O–H groups in total. The van der Waals surface area contributed by atoms with Crippen LogP contribution in [0.4, 0.5) is 0 Å². The van der Waals surface area contributed by atoms with Gasteiger partial charge in [0.15, 0.2) is 0 Å². The summed E-state index contributed by atoms with van der Waals surface area (Å²) in [5.74, 6) is 2.13. The molecule has 0 bridgehead atoms. The summed E-state index contributed by atoms with van der Waals surface area (Å²) in [7, 11) is 0. The lowest BCUT2D eigenvalue weighted by atomic mass is 10.1. The van der Waals surface area contributed by atoms with Crippen LogP contribution < -0.4 is 5.32 Å². The number of hydrogen-bond donors (Lipinski definition) is 1. The Morgan fingerprint density at radius 2 is 2.13 bits per heavy atom. The van der Waals surface area contributed by atoms with E-state index in [1.165, 1.54) is 0 Å². The SMILES string of the molecule is CC[C@H](c1ccc(C)o1)N1CCNCC1. The molecule has 0 aromatic carbocycles. The van der Waals surface area contributed by atoms with Gasteiger partial charge in [0.05, 0.1) is 6.04 Å². The summed E-state index contributed by atoms with van der Waals surface area (Å²) < 4.78 is 5.73. The first-order valence-corrected chi connectivity index (χ1v) is 5.82. The highest BCUT2D eigenvalue weighted by molar-refractivity contribution is 5.10. The fourth-order valence-corrected chi connectivity index (χ4v) is 2.27. The molecule has 0 unspecified atom stereocenters. The topological polar surface area (TPSA) is 28.4 Å². The van der Waals surface area contributed by atoms with E-state index in [9.17, 15) is 0 Å². The van der Waals surface area contributed by atoms with Gasteiger partial charge >= 0.3 is 0 Å². The summed E-state index contributed by atoms with van der Waals surface area (Å²) in [6, 6.07) is 4.63. The van der Waals surface area contributed by atoms with Gasteiger partial charge in [-0.1, -0.05) is 6.92 Å². The summed E-state index contributed by atoms with van der Waals surface area (Å²) in [4.78, 5) is 2.51. The Morgan fingerprint density at radius 1 is 1.40 bits per heavy atom. The van der Waals surface area contributed by atoms with Crippen molar-refractivity contribution in [3.8, 4) is 0 Å². The van der Waals surface area contributed by atoms with Gasteiger partial charge in [-0.2, -0.15) is 0 Å². The zero-order chi connectivity index (χ0) is 10.7. The van der Waals surface area contributed by atoms with E-state index in [0.717, 1.165) is 44.1 Å². The van der Waals surface area contributed by atoms with Crippen molar-refractivity contribution in [2.24, 2.45) is 0 Å². The normalized spacial score (nSPS) is 20.4. The van der Waals surface area contributed by atoms with E-state index < -0.39 is 0 Å². The Bertz CT molecular complexity index is 302. The number of nitrogens with one attached hydrogen (secondary N) is 1. The minimum absolute atomic E-state index is 0.459. The van der Waals surface area contributed by atoms with Gasteiger partial charge < -0.3 is 9.73 Å². The lowest BCUT2D eigenvalue weighted by Gasteiger charge is -2.33. The standard InChI is InChI=1S/C12H20N2O/c1-3-11(12-5-4-10(2)15-12)14-8-6-13-7-9-14/h4-5,11,13H,3,6-9H2,1-2H3/t11-/m1/s1. The second-order valence-corrected chi connectivity index (χ2v) is 4.16. The highest BCUT2D eigenvalue weighted by Gasteiger charge is 2.22. The lowest BCUT2D eigenvalue weighted by molar-refractivity contribution is 0.149. The highest BCUT2D eigenvalue weighted by atomic mass is 16.3. The molecule has 0 aliphatic carbocycles. The number of rotatable bonds is 3. The maximum Gasteiger partial charge on any atom is 0.121 e. The van der Waals surface area contributed by atoms with Crippen molar-refractivity contribution in [3.05, 3.63) is 23.7 Å². The van der Waals surface area contributed by atoms with Crippen molar-refractivity contribution in [2.45, 2.75) is 26.3 Å². The molecular weight excluding hydrogens is 188 g/mol. The van der Waals surface area contributed by atoms with E-state index >= 15 is 0 Å². The third kappa shape index (κ3) is 2.41. The van der Waals surface area contributed by atoms with E-state index in [1.54, 1.807) is 0 Å². The van der Waals surface area contributed by atoms with E-state index in [-0.39, 0.29) is 0 Å². The van der Waals surface area contributed by atoms with Crippen LogP contribution in [0.1, 0.15) is 30.9 Å². The molecule has 0 amide bonds. The maximum atomic E-state index is 5.73. The van der Waals surface area contributed by atoms with Crippen LogP contribution in [0.5, 0.6) is 0 Å². The van der Waals surface area contributed by atoms with Crippen LogP contribution >= 0.6 is 0 Å². The second-order valence-electron chi connectivity index (χ2n) is 4.16. The zero-order valence-corrected chi connectivity index (χ0v) is 9.62. The Balaban J connectivity index is 2.08. The van der Waals surface area contributed by atoms with Crippen molar-refractivity contribution in [3.63, 3.8) is 0 Å². The molecule has 1 saturated heterocycles. The van der Waals surface area contributed by atoms with Crippen molar-refractivity contribution < 1.29 is 4.42 Å². The average Bonchev–Trinajstić information content (AvgIpc) is 2.68. The molecule has 1 aliphatic rings. The molecule has 3 heteroatoms. The van der Waals surface area contributed by atoms with Crippen LogP contribution in [0.2, 0.25) is 0 Å². The summed E-state index contributed by atoms with van der Waals surface area (Å²) in [5, 5.41) is 3.38. The fraction of sp³-hybridized carbons (Fsp3) is 0.667. The molecule has 1 atom stereocenters. The predicted molar refractivity (Wildman–Crippen MR) is 60.9 cm³/mol. The van der Waals surface area contributed by atoms with Crippen molar-refractivity contribution >= 4 is 0 Å². The largest absolute Gasteiger partial charge is 0.465 e. The van der Waals surface area contributed by atoms with Gasteiger partial charge in [0.2, 0.25) is 0 Å². The first-order chi connectivity index (χ1) is 7.31. The lowest BCUT2D eigenvalue weighted by Crippen LogP contribution is -2.44. The molecular formula is C12H20N2O. The summed E-state index contributed by atoms with van der Waals surface area (Å²) in [6.07, 6.45) is 1.12. The van der Waals surface area contributed by atoms with Crippen molar-refractivity contribution in [2.75, 3.05) is 26.2 Å². The van der Waals surface area contributed by atoms with Crippen LogP contribution in [-0.2, 0) is 0 Å². The molecule has 15 heavy (non-hydrogen) atoms. The number of hydrogen-bond acceptors (Lipinski definition) is 3. The molecule has 3 nitrogen and oxygen atoms in total. The van der Waals surface area contributed by atoms with E-state index in [1.807, 2.05) is 6.92 Å². The van der Waals surface area contributed by atoms with Crippen molar-refractivity contribution in [1.29, 1.82) is 0 Å². The van der Waals surface area contributed by atoms with Crippen LogP contribution in [0.15, 0.2) is 16.5 Å². The molecule has 84 valence electrons. The summed E-state index contributed by atoms with van der Waals surface area (Å²) in [5.41, 5.74) is 0. The fourth-order valence-electron chi connectivity index (χ4n) is 2.27. The van der Waals surface area contributed by atoms with Gasteiger partial charge in [0.25, 0.3) is 0 Å². The van der Waals surface area contributed by atoms with Gasteiger partial charge in [-0.25, -0.2) is 0 Å². The smallest absolute Gasteiger partial charge is 0.121 e. The quantitative estimate of drug-likeness (QED) is 0.823. The number of furan rings is 1. The Kier molecular flexibility index (Phi) is 3.44.